The number of ether oxygens (including phenoxy) is 1. The lowest BCUT2D eigenvalue weighted by molar-refractivity contribution is -0.122. The molecule has 2 aromatic rings. The molecule has 0 bridgehead atoms. The maximum absolute atomic E-state index is 12.1. The third-order valence-corrected chi connectivity index (χ3v) is 3.72. The molecule has 0 unspecified atom stereocenters. The first kappa shape index (κ1) is 16.3. The SMILES string of the molecule is COc1ccc2ccccc2c1CNC(=O)[C@@H](N)CC(C)C. The second-order valence-corrected chi connectivity index (χ2v) is 5.92. The zero-order valence-corrected chi connectivity index (χ0v) is 13.4. The highest BCUT2D eigenvalue weighted by Gasteiger charge is 2.16. The molecule has 1 atom stereocenters. The topological polar surface area (TPSA) is 64.3 Å². The standard InChI is InChI=1S/C18H24N2O2/c1-12(2)10-16(19)18(21)20-11-15-14-7-5-4-6-13(14)8-9-17(15)22-3/h4-9,12,16H,10-11,19H2,1-3H3,(H,20,21)/t16-/m0/s1. The number of hydrogen-bond acceptors (Lipinski definition) is 3. The average molecular weight is 300 g/mol. The Balaban J connectivity index is 2.18. The molecule has 22 heavy (non-hydrogen) atoms. The van der Waals surface area contributed by atoms with Crippen molar-refractivity contribution in [3.63, 3.8) is 0 Å². The van der Waals surface area contributed by atoms with Crippen LogP contribution in [0.5, 0.6) is 5.75 Å². The molecule has 0 radical (unpaired) electrons. The third kappa shape index (κ3) is 3.77. The largest absolute Gasteiger partial charge is 0.496 e. The van der Waals surface area contributed by atoms with Crippen LogP contribution in [0.4, 0.5) is 0 Å². The van der Waals surface area contributed by atoms with Crippen molar-refractivity contribution in [2.45, 2.75) is 32.9 Å². The molecule has 0 saturated heterocycles. The van der Waals surface area contributed by atoms with E-state index in [1.54, 1.807) is 7.11 Å². The van der Waals surface area contributed by atoms with E-state index in [1.165, 1.54) is 0 Å². The van der Waals surface area contributed by atoms with E-state index in [2.05, 4.69) is 19.2 Å². The van der Waals surface area contributed by atoms with Gasteiger partial charge in [-0.1, -0.05) is 44.2 Å². The summed E-state index contributed by atoms with van der Waals surface area (Å²) >= 11 is 0. The van der Waals surface area contributed by atoms with Gasteiger partial charge < -0.3 is 15.8 Å². The van der Waals surface area contributed by atoms with Crippen LogP contribution >= 0.6 is 0 Å². The third-order valence-electron chi connectivity index (χ3n) is 3.72. The van der Waals surface area contributed by atoms with Gasteiger partial charge in [-0.25, -0.2) is 0 Å². The quantitative estimate of drug-likeness (QED) is 0.862. The molecule has 3 N–H and O–H groups in total. The van der Waals surface area contributed by atoms with Gasteiger partial charge in [-0.15, -0.1) is 0 Å². The molecule has 2 rings (SSSR count). The van der Waals surface area contributed by atoms with Crippen molar-refractivity contribution in [3.05, 3.63) is 42.0 Å². The first-order valence-corrected chi connectivity index (χ1v) is 7.60. The van der Waals surface area contributed by atoms with Gasteiger partial charge in [0.1, 0.15) is 5.75 Å². The van der Waals surface area contributed by atoms with E-state index >= 15 is 0 Å². The van der Waals surface area contributed by atoms with Gasteiger partial charge in [-0.2, -0.15) is 0 Å². The molecule has 118 valence electrons. The van der Waals surface area contributed by atoms with Gasteiger partial charge in [0.2, 0.25) is 5.91 Å². The number of rotatable bonds is 6. The number of benzene rings is 2. The Morgan fingerprint density at radius 2 is 1.95 bits per heavy atom. The van der Waals surface area contributed by atoms with Crippen molar-refractivity contribution in [2.24, 2.45) is 11.7 Å². The van der Waals surface area contributed by atoms with Gasteiger partial charge in [0.15, 0.2) is 0 Å². The number of carbonyl (C=O) groups excluding carboxylic acids is 1. The maximum atomic E-state index is 12.1. The Morgan fingerprint density at radius 3 is 2.64 bits per heavy atom. The lowest BCUT2D eigenvalue weighted by atomic mass is 10.0. The molecule has 0 aromatic heterocycles. The van der Waals surface area contributed by atoms with Crippen molar-refractivity contribution < 1.29 is 9.53 Å². The number of methoxy groups -OCH3 is 1. The van der Waals surface area contributed by atoms with Gasteiger partial charge in [0, 0.05) is 12.1 Å². The van der Waals surface area contributed by atoms with Gasteiger partial charge in [-0.3, -0.25) is 4.79 Å². The molecule has 4 nitrogen and oxygen atoms in total. The number of amides is 1. The summed E-state index contributed by atoms with van der Waals surface area (Å²) in [5.74, 6) is 1.05. The molecule has 0 aliphatic carbocycles. The Kier molecular flexibility index (Phi) is 5.39. The normalized spacial score (nSPS) is 12.4. The predicted molar refractivity (Wildman–Crippen MR) is 89.8 cm³/mol. The molecule has 0 fully saturated rings. The van der Waals surface area contributed by atoms with Crippen LogP contribution in [0, 0.1) is 5.92 Å². The van der Waals surface area contributed by atoms with Gasteiger partial charge in [-0.05, 0) is 29.2 Å². The van der Waals surface area contributed by atoms with Crippen molar-refractivity contribution in [1.29, 1.82) is 0 Å². The lowest BCUT2D eigenvalue weighted by Gasteiger charge is -2.16. The summed E-state index contributed by atoms with van der Waals surface area (Å²) in [5, 5.41) is 5.13. The van der Waals surface area contributed by atoms with Crippen molar-refractivity contribution in [2.75, 3.05) is 7.11 Å². The van der Waals surface area contributed by atoms with Crippen molar-refractivity contribution in [3.8, 4) is 5.75 Å². The van der Waals surface area contributed by atoms with Crippen LogP contribution in [-0.2, 0) is 11.3 Å². The summed E-state index contributed by atoms with van der Waals surface area (Å²) in [7, 11) is 1.64. The molecular weight excluding hydrogens is 276 g/mol. The number of nitrogens with one attached hydrogen (secondary N) is 1. The van der Waals surface area contributed by atoms with E-state index < -0.39 is 6.04 Å². The number of fused-ring (bicyclic) bond motifs is 1. The van der Waals surface area contributed by atoms with Crippen LogP contribution in [-0.4, -0.2) is 19.1 Å². The van der Waals surface area contributed by atoms with Crippen molar-refractivity contribution >= 4 is 16.7 Å². The molecule has 0 spiro atoms. The second kappa shape index (κ2) is 7.27. The minimum atomic E-state index is -0.471. The summed E-state index contributed by atoms with van der Waals surface area (Å²) < 4.78 is 5.43. The molecule has 2 aromatic carbocycles. The number of nitrogens with two attached hydrogens (primary N) is 1. The fourth-order valence-corrected chi connectivity index (χ4v) is 2.61. The van der Waals surface area contributed by atoms with E-state index in [9.17, 15) is 4.79 Å². The Bertz CT molecular complexity index is 653. The number of hydrogen-bond donors (Lipinski definition) is 2. The van der Waals surface area contributed by atoms with Crippen LogP contribution in [0.3, 0.4) is 0 Å². The molecule has 0 heterocycles. The van der Waals surface area contributed by atoms with Gasteiger partial charge in [0.25, 0.3) is 0 Å². The van der Waals surface area contributed by atoms with Crippen LogP contribution in [0.15, 0.2) is 36.4 Å². The van der Waals surface area contributed by atoms with E-state index in [0.29, 0.717) is 18.9 Å². The van der Waals surface area contributed by atoms with Gasteiger partial charge >= 0.3 is 0 Å². The fourth-order valence-electron chi connectivity index (χ4n) is 2.61. The number of carbonyl (C=O) groups is 1. The van der Waals surface area contributed by atoms with E-state index in [-0.39, 0.29) is 5.91 Å². The molecular formula is C18H24N2O2. The summed E-state index contributed by atoms with van der Waals surface area (Å²) in [6.07, 6.45) is 0.679. The summed E-state index contributed by atoms with van der Waals surface area (Å²) in [6.45, 7) is 4.52. The van der Waals surface area contributed by atoms with Crippen LogP contribution in [0.1, 0.15) is 25.8 Å². The average Bonchev–Trinajstić information content (AvgIpc) is 2.51. The Hall–Kier alpha value is -2.07. The first-order valence-electron chi connectivity index (χ1n) is 7.60. The van der Waals surface area contributed by atoms with Gasteiger partial charge in [0.05, 0.1) is 13.2 Å². The van der Waals surface area contributed by atoms with Crippen molar-refractivity contribution in [1.82, 2.24) is 5.32 Å². The highest BCUT2D eigenvalue weighted by Crippen LogP contribution is 2.27. The molecule has 4 heteroatoms. The zero-order valence-electron chi connectivity index (χ0n) is 13.4. The van der Waals surface area contributed by atoms with Crippen LogP contribution in [0.25, 0.3) is 10.8 Å². The Labute approximate surface area is 131 Å². The fraction of sp³-hybridized carbons (Fsp3) is 0.389. The maximum Gasteiger partial charge on any atom is 0.237 e. The highest BCUT2D eigenvalue weighted by molar-refractivity contribution is 5.88. The van der Waals surface area contributed by atoms with Crippen LogP contribution < -0.4 is 15.8 Å². The second-order valence-electron chi connectivity index (χ2n) is 5.92. The molecule has 0 aliphatic heterocycles. The summed E-state index contributed by atoms with van der Waals surface area (Å²) in [5.41, 5.74) is 6.90. The molecule has 0 aliphatic rings. The minimum Gasteiger partial charge on any atom is -0.496 e. The van der Waals surface area contributed by atoms with E-state index in [0.717, 1.165) is 22.1 Å². The van der Waals surface area contributed by atoms with E-state index in [4.69, 9.17) is 10.5 Å². The molecule has 0 saturated carbocycles. The zero-order chi connectivity index (χ0) is 16.1. The summed E-state index contributed by atoms with van der Waals surface area (Å²) in [4.78, 5) is 12.1. The smallest absolute Gasteiger partial charge is 0.237 e. The highest BCUT2D eigenvalue weighted by atomic mass is 16.5. The minimum absolute atomic E-state index is 0.122. The van der Waals surface area contributed by atoms with E-state index in [1.807, 2.05) is 36.4 Å². The molecule has 1 amide bonds. The predicted octanol–water partition coefficient (Wildman–Crippen LogP) is 2.84. The lowest BCUT2D eigenvalue weighted by Crippen LogP contribution is -2.41. The first-order chi connectivity index (χ1) is 10.5. The summed E-state index contributed by atoms with van der Waals surface area (Å²) in [6, 6.07) is 11.5. The Morgan fingerprint density at radius 1 is 1.23 bits per heavy atom. The monoisotopic (exact) mass is 300 g/mol. The van der Waals surface area contributed by atoms with Crippen LogP contribution in [0.2, 0.25) is 0 Å².